The number of rotatable bonds is 5. The monoisotopic (exact) mass is 473 g/mol. The van der Waals surface area contributed by atoms with E-state index in [1.54, 1.807) is 5.01 Å². The zero-order valence-corrected chi connectivity index (χ0v) is 19.3. The first-order chi connectivity index (χ1) is 15.7. The Labute approximate surface area is 193 Å². The minimum absolute atomic E-state index is 0.0642. The second kappa shape index (κ2) is 10.4. The lowest BCUT2D eigenvalue weighted by Gasteiger charge is -2.46. The summed E-state index contributed by atoms with van der Waals surface area (Å²) in [5.41, 5.74) is 9.13. The lowest BCUT2D eigenvalue weighted by molar-refractivity contribution is -0.134. The van der Waals surface area contributed by atoms with Crippen LogP contribution in [-0.4, -0.2) is 141 Å². The van der Waals surface area contributed by atoms with E-state index in [1.807, 2.05) is 28.8 Å². The number of nitrogens with zero attached hydrogens (tertiary/aromatic N) is 4. The van der Waals surface area contributed by atoms with Crippen molar-refractivity contribution < 1.29 is 18.4 Å². The molecule has 6 N–H and O–H groups in total. The first kappa shape index (κ1) is 24.6. The molecule has 33 heavy (non-hydrogen) atoms. The van der Waals surface area contributed by atoms with E-state index < -0.39 is 42.7 Å². The molecule has 0 saturated carbocycles. The summed E-state index contributed by atoms with van der Waals surface area (Å²) in [6, 6.07) is -0.929. The fraction of sp³-hybridized carbons (Fsp3) is 0.900. The molecule has 11 nitrogen and oxygen atoms in total. The highest BCUT2D eigenvalue weighted by molar-refractivity contribution is 5.81. The van der Waals surface area contributed by atoms with Crippen LogP contribution in [0.5, 0.6) is 0 Å². The molecule has 4 heterocycles. The van der Waals surface area contributed by atoms with Gasteiger partial charge in [0.1, 0.15) is 12.3 Å². The van der Waals surface area contributed by atoms with Crippen LogP contribution < -0.4 is 27.1 Å². The molecule has 0 bridgehead atoms. The summed E-state index contributed by atoms with van der Waals surface area (Å²) in [6.07, 6.45) is -3.25. The van der Waals surface area contributed by atoms with E-state index in [4.69, 9.17) is 5.73 Å². The second-order valence-corrected chi connectivity index (χ2v) is 9.72. The van der Waals surface area contributed by atoms with Crippen LogP contribution in [0.4, 0.5) is 8.78 Å². The number of carbonyl (C=O) groups is 2. The van der Waals surface area contributed by atoms with Crippen molar-refractivity contribution in [2.45, 2.75) is 36.8 Å². The molecule has 2 amide bonds. The van der Waals surface area contributed by atoms with E-state index in [-0.39, 0.29) is 31.4 Å². The summed E-state index contributed by atoms with van der Waals surface area (Å²) >= 11 is 0. The minimum atomic E-state index is -1.15. The molecular formula is C20H37F2N9O2. The maximum absolute atomic E-state index is 15.1. The van der Waals surface area contributed by atoms with Crippen molar-refractivity contribution in [3.63, 3.8) is 0 Å². The van der Waals surface area contributed by atoms with Crippen LogP contribution >= 0.6 is 0 Å². The van der Waals surface area contributed by atoms with Crippen molar-refractivity contribution >= 4 is 11.8 Å². The molecule has 188 valence electrons. The predicted octanol–water partition coefficient (Wildman–Crippen LogP) is -3.52. The first-order valence-corrected chi connectivity index (χ1v) is 11.7. The Morgan fingerprint density at radius 2 is 1.85 bits per heavy atom. The number of amides is 2. The van der Waals surface area contributed by atoms with Gasteiger partial charge in [0.15, 0.2) is 0 Å². The molecule has 0 aromatic rings. The lowest BCUT2D eigenvalue weighted by atomic mass is 9.94. The van der Waals surface area contributed by atoms with Gasteiger partial charge >= 0.3 is 0 Å². The Morgan fingerprint density at radius 3 is 2.55 bits per heavy atom. The van der Waals surface area contributed by atoms with Crippen LogP contribution in [0.25, 0.3) is 0 Å². The van der Waals surface area contributed by atoms with E-state index >= 15 is 4.39 Å². The fourth-order valence-electron chi connectivity index (χ4n) is 5.39. The molecule has 13 heteroatoms. The number of halogens is 2. The van der Waals surface area contributed by atoms with Gasteiger partial charge in [0, 0.05) is 52.4 Å². The number of likely N-dealkylation sites (N-methyl/N-ethyl adjacent to an activating group) is 1. The summed E-state index contributed by atoms with van der Waals surface area (Å²) < 4.78 is 28.8. The van der Waals surface area contributed by atoms with Gasteiger partial charge in [-0.2, -0.15) is 0 Å². The maximum Gasteiger partial charge on any atom is 0.236 e. The van der Waals surface area contributed by atoms with E-state index in [2.05, 4.69) is 21.4 Å². The Morgan fingerprint density at radius 1 is 1.12 bits per heavy atom. The van der Waals surface area contributed by atoms with Crippen LogP contribution in [0.2, 0.25) is 0 Å². The number of piperazine rings is 1. The number of nitrogens with two attached hydrogens (primary N) is 1. The number of piperidine rings is 1. The Kier molecular flexibility index (Phi) is 7.78. The molecule has 4 saturated heterocycles. The van der Waals surface area contributed by atoms with Crippen LogP contribution in [0.15, 0.2) is 0 Å². The molecular weight excluding hydrogens is 436 g/mol. The minimum Gasteiger partial charge on any atom is -0.350 e. The number of fused-ring (bicyclic) bond motifs is 1. The molecule has 4 rings (SSSR count). The number of hydrogen-bond acceptors (Lipinski definition) is 9. The average molecular weight is 474 g/mol. The van der Waals surface area contributed by atoms with Gasteiger partial charge in [-0.1, -0.05) is 0 Å². The van der Waals surface area contributed by atoms with Gasteiger partial charge in [-0.25, -0.2) is 19.2 Å². The molecule has 0 aliphatic carbocycles. The largest absolute Gasteiger partial charge is 0.350 e. The lowest BCUT2D eigenvalue weighted by Crippen LogP contribution is -2.68. The van der Waals surface area contributed by atoms with Gasteiger partial charge in [0.2, 0.25) is 11.8 Å². The van der Waals surface area contributed by atoms with E-state index in [9.17, 15) is 14.0 Å². The zero-order chi connectivity index (χ0) is 23.7. The Bertz CT molecular complexity index is 709. The number of alkyl halides is 2. The van der Waals surface area contributed by atoms with Crippen molar-refractivity contribution in [1.82, 2.24) is 41.1 Å². The number of nitrogens with one attached hydrogen (secondary N) is 4. The number of hydrazine groups is 1. The quantitative estimate of drug-likeness (QED) is 0.277. The average Bonchev–Trinajstić information content (AvgIpc) is 3.08. The second-order valence-electron chi connectivity index (χ2n) is 9.72. The predicted molar refractivity (Wildman–Crippen MR) is 118 cm³/mol. The van der Waals surface area contributed by atoms with Crippen molar-refractivity contribution in [2.75, 3.05) is 73.0 Å². The van der Waals surface area contributed by atoms with Crippen molar-refractivity contribution in [2.24, 2.45) is 11.7 Å². The molecule has 0 radical (unpaired) electrons. The number of carbonyl (C=O) groups excluding carboxylic acids is 2. The van der Waals surface area contributed by atoms with Gasteiger partial charge in [0.25, 0.3) is 0 Å². The van der Waals surface area contributed by atoms with Gasteiger partial charge in [0.05, 0.1) is 36.9 Å². The van der Waals surface area contributed by atoms with Gasteiger partial charge in [-0.15, -0.1) is 0 Å². The molecule has 7 unspecified atom stereocenters. The van der Waals surface area contributed by atoms with Crippen LogP contribution in [-0.2, 0) is 9.59 Å². The zero-order valence-electron chi connectivity index (χ0n) is 19.3. The first-order valence-electron chi connectivity index (χ1n) is 11.7. The van der Waals surface area contributed by atoms with Crippen molar-refractivity contribution in [3.8, 4) is 0 Å². The van der Waals surface area contributed by atoms with Gasteiger partial charge < -0.3 is 26.2 Å². The summed E-state index contributed by atoms with van der Waals surface area (Å²) in [5, 5.41) is 10.8. The smallest absolute Gasteiger partial charge is 0.236 e. The Hall–Kier alpha value is -1.48. The maximum atomic E-state index is 15.1. The highest BCUT2D eigenvalue weighted by atomic mass is 19.1. The highest BCUT2D eigenvalue weighted by Crippen LogP contribution is 2.24. The van der Waals surface area contributed by atoms with Gasteiger partial charge in [-0.05, 0) is 14.1 Å². The SMILES string of the molecule is CN(C)CC(=O)N1CCN(C2C(F)CNCC2NC(=O)C2C(N)NN3CC(F)CNC23)CC1. The van der Waals surface area contributed by atoms with Crippen LogP contribution in [0, 0.1) is 5.92 Å². The third-order valence-corrected chi connectivity index (χ3v) is 6.98. The Balaban J connectivity index is 1.38. The normalized spacial score (nSPS) is 38.4. The molecule has 0 spiro atoms. The molecule has 4 aliphatic heterocycles. The summed E-state index contributed by atoms with van der Waals surface area (Å²) in [5.74, 6) is -0.842. The third-order valence-electron chi connectivity index (χ3n) is 6.98. The van der Waals surface area contributed by atoms with E-state index in [1.165, 1.54) is 0 Å². The van der Waals surface area contributed by atoms with E-state index in [0.29, 0.717) is 39.3 Å². The summed E-state index contributed by atoms with van der Waals surface area (Å²) in [4.78, 5) is 31.3. The molecule has 0 aromatic heterocycles. The van der Waals surface area contributed by atoms with Crippen molar-refractivity contribution in [1.29, 1.82) is 0 Å². The summed E-state index contributed by atoms with van der Waals surface area (Å²) in [7, 11) is 3.71. The highest BCUT2D eigenvalue weighted by Gasteiger charge is 2.48. The van der Waals surface area contributed by atoms with Crippen LogP contribution in [0.3, 0.4) is 0 Å². The topological polar surface area (TPSA) is 121 Å². The van der Waals surface area contributed by atoms with Gasteiger partial charge in [-0.3, -0.25) is 19.8 Å². The van der Waals surface area contributed by atoms with Crippen molar-refractivity contribution in [3.05, 3.63) is 0 Å². The number of hydrogen-bond donors (Lipinski definition) is 5. The molecule has 0 aromatic carbocycles. The van der Waals surface area contributed by atoms with Crippen LogP contribution in [0.1, 0.15) is 0 Å². The van der Waals surface area contributed by atoms with E-state index in [0.717, 1.165) is 0 Å². The molecule has 4 fully saturated rings. The fourth-order valence-corrected chi connectivity index (χ4v) is 5.39. The third kappa shape index (κ3) is 5.45. The molecule has 7 atom stereocenters. The molecule has 4 aliphatic rings. The standard InChI is InChI=1S/C20H37F2N9O2/c1-28(2)11-15(32)29-3-5-30(6-4-29)17-13(22)8-24-9-14(17)26-20(33)16-18(23)27-31-10-12(21)7-25-19(16)31/h12-14,16-19,24-25,27H,3-11,23H2,1-2H3,(H,26,33). The summed E-state index contributed by atoms with van der Waals surface area (Å²) in [6.45, 7) is 3.51.